The van der Waals surface area contributed by atoms with E-state index in [0.717, 1.165) is 16.8 Å². The van der Waals surface area contributed by atoms with Crippen LogP contribution in [0.5, 0.6) is 0 Å². The third-order valence-corrected chi connectivity index (χ3v) is 2.82. The zero-order valence-electron chi connectivity index (χ0n) is 11.0. The molecule has 3 heteroatoms. The first kappa shape index (κ1) is 12.8. The molecule has 0 heterocycles. The molecular formula is C16H15N3. The first-order chi connectivity index (χ1) is 9.19. The van der Waals surface area contributed by atoms with Gasteiger partial charge in [0.2, 0.25) is 0 Å². The van der Waals surface area contributed by atoms with E-state index in [2.05, 4.69) is 29.6 Å². The maximum Gasteiger partial charge on any atom is 0.0991 e. The molecule has 0 fully saturated rings. The molecule has 1 N–H and O–H groups in total. The van der Waals surface area contributed by atoms with Gasteiger partial charge in [-0.05, 0) is 43.2 Å². The van der Waals surface area contributed by atoms with Crippen LogP contribution in [0.2, 0.25) is 0 Å². The fourth-order valence-corrected chi connectivity index (χ4v) is 1.76. The van der Waals surface area contributed by atoms with Crippen molar-refractivity contribution in [1.29, 1.82) is 5.26 Å². The summed E-state index contributed by atoms with van der Waals surface area (Å²) in [5, 5.41) is 12.9. The van der Waals surface area contributed by atoms with E-state index >= 15 is 0 Å². The molecule has 19 heavy (non-hydrogen) atoms. The van der Waals surface area contributed by atoms with Crippen molar-refractivity contribution in [3.63, 3.8) is 0 Å². The van der Waals surface area contributed by atoms with Gasteiger partial charge in [-0.15, -0.1) is 0 Å². The molecule has 0 spiro atoms. The number of hydrogen-bond donors (Lipinski definition) is 1. The van der Waals surface area contributed by atoms with E-state index in [1.54, 1.807) is 18.3 Å². The van der Waals surface area contributed by atoms with Crippen LogP contribution in [-0.2, 0) is 0 Å². The molecule has 0 bridgehead atoms. The largest absolute Gasteiger partial charge is 0.278 e. The monoisotopic (exact) mass is 249 g/mol. The lowest BCUT2D eigenvalue weighted by atomic mass is 10.1. The second kappa shape index (κ2) is 5.83. The fraction of sp³-hybridized carbons (Fsp3) is 0.125. The topological polar surface area (TPSA) is 48.2 Å². The van der Waals surface area contributed by atoms with Gasteiger partial charge in [-0.1, -0.05) is 29.8 Å². The summed E-state index contributed by atoms with van der Waals surface area (Å²) in [5.41, 5.74) is 8.02. The smallest absolute Gasteiger partial charge is 0.0991 e. The van der Waals surface area contributed by atoms with Gasteiger partial charge in [0.25, 0.3) is 0 Å². The average molecular weight is 249 g/mol. The second-order valence-electron chi connectivity index (χ2n) is 4.42. The van der Waals surface area contributed by atoms with Crippen molar-refractivity contribution in [2.75, 3.05) is 5.43 Å². The van der Waals surface area contributed by atoms with Crippen molar-refractivity contribution >= 4 is 11.9 Å². The van der Waals surface area contributed by atoms with Gasteiger partial charge in [0.1, 0.15) is 0 Å². The van der Waals surface area contributed by atoms with Gasteiger partial charge in [0.15, 0.2) is 0 Å². The molecule has 0 atom stereocenters. The third kappa shape index (κ3) is 3.43. The zero-order valence-corrected chi connectivity index (χ0v) is 11.0. The zero-order chi connectivity index (χ0) is 13.7. The number of anilines is 1. The molecule has 0 unspecified atom stereocenters. The normalized spacial score (nSPS) is 10.4. The average Bonchev–Trinajstić information content (AvgIpc) is 2.42. The lowest BCUT2D eigenvalue weighted by molar-refractivity contribution is 1.29. The quantitative estimate of drug-likeness (QED) is 0.667. The molecular weight excluding hydrogens is 234 g/mol. The molecule has 2 rings (SSSR count). The van der Waals surface area contributed by atoms with Crippen molar-refractivity contribution in [3.8, 4) is 6.07 Å². The minimum Gasteiger partial charge on any atom is -0.278 e. The number of nitrogens with one attached hydrogen (secondary N) is 1. The molecule has 0 radical (unpaired) electrons. The minimum atomic E-state index is 0.652. The maximum atomic E-state index is 8.71. The lowest BCUT2D eigenvalue weighted by Crippen LogP contribution is -1.93. The Morgan fingerprint density at radius 1 is 1.11 bits per heavy atom. The van der Waals surface area contributed by atoms with E-state index < -0.39 is 0 Å². The van der Waals surface area contributed by atoms with Crippen molar-refractivity contribution in [1.82, 2.24) is 0 Å². The number of rotatable bonds is 3. The summed E-state index contributed by atoms with van der Waals surface area (Å²) in [6.07, 6.45) is 1.74. The Bertz CT molecular complexity index is 634. The number of aryl methyl sites for hydroxylation is 2. The van der Waals surface area contributed by atoms with Gasteiger partial charge in [0, 0.05) is 0 Å². The molecule has 0 saturated heterocycles. The van der Waals surface area contributed by atoms with Crippen LogP contribution < -0.4 is 5.43 Å². The van der Waals surface area contributed by atoms with Gasteiger partial charge >= 0.3 is 0 Å². The predicted molar refractivity (Wildman–Crippen MR) is 78.3 cm³/mol. The molecule has 0 amide bonds. The van der Waals surface area contributed by atoms with E-state index in [-0.39, 0.29) is 0 Å². The predicted octanol–water partition coefficient (Wildman–Crippen LogP) is 3.62. The van der Waals surface area contributed by atoms with Crippen LogP contribution in [-0.4, -0.2) is 6.21 Å². The van der Waals surface area contributed by atoms with Crippen molar-refractivity contribution < 1.29 is 0 Å². The Labute approximate surface area is 113 Å². The SMILES string of the molecule is Cc1ccc(N/N=C/c2ccc(C#N)cc2)c(C)c1. The van der Waals surface area contributed by atoms with Gasteiger partial charge in [0.05, 0.1) is 23.5 Å². The van der Waals surface area contributed by atoms with Gasteiger partial charge < -0.3 is 0 Å². The summed E-state index contributed by atoms with van der Waals surface area (Å²) >= 11 is 0. The number of hydrogen-bond acceptors (Lipinski definition) is 3. The highest BCUT2D eigenvalue weighted by molar-refractivity contribution is 5.80. The molecule has 2 aromatic carbocycles. The van der Waals surface area contributed by atoms with Gasteiger partial charge in [-0.2, -0.15) is 10.4 Å². The first-order valence-corrected chi connectivity index (χ1v) is 6.05. The standard InChI is InChI=1S/C16H15N3/c1-12-3-8-16(13(2)9-12)19-18-11-15-6-4-14(10-17)5-7-15/h3-9,11,19H,1-2H3/b18-11+. The molecule has 0 aliphatic heterocycles. The van der Waals surface area contributed by atoms with Crippen molar-refractivity contribution in [2.45, 2.75) is 13.8 Å². The summed E-state index contributed by atoms with van der Waals surface area (Å²) in [7, 11) is 0. The van der Waals surface area contributed by atoms with E-state index in [1.165, 1.54) is 5.56 Å². The Balaban J connectivity index is 2.05. The van der Waals surface area contributed by atoms with Crippen LogP contribution in [0.3, 0.4) is 0 Å². The van der Waals surface area contributed by atoms with Crippen LogP contribution in [0.15, 0.2) is 47.6 Å². The van der Waals surface area contributed by atoms with E-state index in [0.29, 0.717) is 5.56 Å². The van der Waals surface area contributed by atoms with Crippen LogP contribution in [0.4, 0.5) is 5.69 Å². The highest BCUT2D eigenvalue weighted by Crippen LogP contribution is 2.15. The third-order valence-electron chi connectivity index (χ3n) is 2.82. The Morgan fingerprint density at radius 3 is 2.47 bits per heavy atom. The molecule has 3 nitrogen and oxygen atoms in total. The molecule has 0 saturated carbocycles. The Hall–Kier alpha value is -2.60. The van der Waals surface area contributed by atoms with Crippen LogP contribution in [0.1, 0.15) is 22.3 Å². The molecule has 0 aromatic heterocycles. The number of benzene rings is 2. The Kier molecular flexibility index (Phi) is 3.94. The summed E-state index contributed by atoms with van der Waals surface area (Å²) < 4.78 is 0. The molecule has 94 valence electrons. The van der Waals surface area contributed by atoms with Gasteiger partial charge in [-0.25, -0.2) is 0 Å². The van der Waals surface area contributed by atoms with Crippen LogP contribution in [0, 0.1) is 25.2 Å². The van der Waals surface area contributed by atoms with E-state index in [1.807, 2.05) is 31.2 Å². The molecule has 0 aliphatic rings. The lowest BCUT2D eigenvalue weighted by Gasteiger charge is -2.05. The van der Waals surface area contributed by atoms with Gasteiger partial charge in [-0.3, -0.25) is 5.43 Å². The van der Waals surface area contributed by atoms with Crippen LogP contribution in [0.25, 0.3) is 0 Å². The summed E-state index contributed by atoms with van der Waals surface area (Å²) in [6.45, 7) is 4.11. The maximum absolute atomic E-state index is 8.71. The first-order valence-electron chi connectivity index (χ1n) is 6.05. The number of hydrazone groups is 1. The highest BCUT2D eigenvalue weighted by Gasteiger charge is 1.96. The minimum absolute atomic E-state index is 0.652. The Morgan fingerprint density at radius 2 is 1.84 bits per heavy atom. The number of nitrogens with zero attached hydrogens (tertiary/aromatic N) is 2. The van der Waals surface area contributed by atoms with E-state index in [4.69, 9.17) is 5.26 Å². The fourth-order valence-electron chi connectivity index (χ4n) is 1.76. The van der Waals surface area contributed by atoms with Crippen molar-refractivity contribution in [3.05, 3.63) is 64.7 Å². The second-order valence-corrected chi connectivity index (χ2v) is 4.42. The molecule has 0 aliphatic carbocycles. The highest BCUT2D eigenvalue weighted by atomic mass is 15.3. The summed E-state index contributed by atoms with van der Waals surface area (Å²) in [4.78, 5) is 0. The number of nitriles is 1. The molecule has 2 aromatic rings. The van der Waals surface area contributed by atoms with E-state index in [9.17, 15) is 0 Å². The van der Waals surface area contributed by atoms with Crippen molar-refractivity contribution in [2.24, 2.45) is 5.10 Å². The van der Waals surface area contributed by atoms with Crippen LogP contribution >= 0.6 is 0 Å². The summed E-state index contributed by atoms with van der Waals surface area (Å²) in [5.74, 6) is 0. The summed E-state index contributed by atoms with van der Waals surface area (Å²) in [6, 6.07) is 15.5.